The molecule has 0 amide bonds. The van der Waals surface area contributed by atoms with E-state index in [0.29, 0.717) is 23.8 Å². The van der Waals surface area contributed by atoms with Crippen molar-refractivity contribution < 1.29 is 14.3 Å². The molecule has 27 heavy (non-hydrogen) atoms. The Bertz CT molecular complexity index is 969. The summed E-state index contributed by atoms with van der Waals surface area (Å²) in [5.74, 6) is 2.11. The summed E-state index contributed by atoms with van der Waals surface area (Å²) in [6.07, 6.45) is 4.24. The molecule has 0 radical (unpaired) electrons. The highest BCUT2D eigenvalue weighted by Gasteiger charge is 2.34. The molecule has 0 N–H and O–H groups in total. The van der Waals surface area contributed by atoms with E-state index >= 15 is 0 Å². The van der Waals surface area contributed by atoms with Crippen LogP contribution in [0, 0.1) is 0 Å². The number of anilines is 1. The lowest BCUT2D eigenvalue weighted by Crippen LogP contribution is -2.44. The highest BCUT2D eigenvalue weighted by molar-refractivity contribution is 5.83. The van der Waals surface area contributed by atoms with Crippen LogP contribution in [0.4, 0.5) is 5.82 Å². The third-order valence-corrected chi connectivity index (χ3v) is 4.91. The van der Waals surface area contributed by atoms with Gasteiger partial charge >= 0.3 is 0 Å². The van der Waals surface area contributed by atoms with Gasteiger partial charge in [-0.25, -0.2) is 20.0 Å². The fraction of sp³-hybridized carbons (Fsp3) is 0.421. The minimum Gasteiger partial charge on any atom is -0.493 e. The van der Waals surface area contributed by atoms with Crippen molar-refractivity contribution >= 4 is 17.0 Å². The zero-order valence-electron chi connectivity index (χ0n) is 16.0. The molecule has 4 rings (SSSR count). The largest absolute Gasteiger partial charge is 0.493 e. The number of aryl methyl sites for hydroxylation is 1. The van der Waals surface area contributed by atoms with Crippen molar-refractivity contribution in [3.8, 4) is 11.5 Å². The van der Waals surface area contributed by atoms with E-state index in [-0.39, 0.29) is 5.54 Å². The molecular formula is C19H23N5O3. The van der Waals surface area contributed by atoms with Crippen LogP contribution in [0.2, 0.25) is 0 Å². The van der Waals surface area contributed by atoms with Crippen LogP contribution in [0.15, 0.2) is 30.9 Å². The van der Waals surface area contributed by atoms with E-state index in [1.54, 1.807) is 14.2 Å². The number of methoxy groups -OCH3 is 2. The second kappa shape index (κ2) is 6.70. The number of benzene rings is 1. The number of ether oxygens (including phenoxy) is 2. The predicted molar refractivity (Wildman–Crippen MR) is 101 cm³/mol. The number of aromatic nitrogens is 4. The molecule has 0 spiro atoms. The van der Waals surface area contributed by atoms with Crippen LogP contribution in [0.3, 0.4) is 0 Å². The molecule has 1 aliphatic rings. The smallest absolute Gasteiger partial charge is 0.183 e. The van der Waals surface area contributed by atoms with E-state index in [4.69, 9.17) is 14.3 Å². The van der Waals surface area contributed by atoms with E-state index in [2.05, 4.69) is 33.4 Å². The summed E-state index contributed by atoms with van der Waals surface area (Å²) < 4.78 is 12.8. The Morgan fingerprint density at radius 2 is 1.89 bits per heavy atom. The van der Waals surface area contributed by atoms with Gasteiger partial charge in [-0.3, -0.25) is 4.84 Å². The van der Waals surface area contributed by atoms with Gasteiger partial charge in [-0.15, -0.1) is 0 Å². The summed E-state index contributed by atoms with van der Waals surface area (Å²) >= 11 is 0. The van der Waals surface area contributed by atoms with Crippen molar-refractivity contribution in [1.29, 1.82) is 0 Å². The quantitative estimate of drug-likeness (QED) is 0.684. The summed E-state index contributed by atoms with van der Waals surface area (Å²) in [6.45, 7) is 5.51. The molecule has 3 aromatic rings. The molecule has 0 saturated heterocycles. The Labute approximate surface area is 157 Å². The van der Waals surface area contributed by atoms with Crippen LogP contribution >= 0.6 is 0 Å². The first-order valence-corrected chi connectivity index (χ1v) is 8.83. The van der Waals surface area contributed by atoms with Gasteiger partial charge in [0.15, 0.2) is 23.0 Å². The number of rotatable bonds is 5. The molecule has 0 atom stereocenters. The number of hydrogen-bond donors (Lipinski definition) is 0. The first-order valence-electron chi connectivity index (χ1n) is 8.83. The third kappa shape index (κ3) is 3.06. The lowest BCUT2D eigenvalue weighted by atomic mass is 10.0. The fourth-order valence-electron chi connectivity index (χ4n) is 3.34. The van der Waals surface area contributed by atoms with E-state index < -0.39 is 0 Å². The van der Waals surface area contributed by atoms with Crippen LogP contribution < -0.4 is 14.5 Å². The van der Waals surface area contributed by atoms with Gasteiger partial charge in [0.2, 0.25) is 0 Å². The van der Waals surface area contributed by atoms with Crippen LogP contribution in [0.25, 0.3) is 11.2 Å². The maximum Gasteiger partial charge on any atom is 0.183 e. The Morgan fingerprint density at radius 1 is 1.07 bits per heavy atom. The monoisotopic (exact) mass is 369 g/mol. The molecule has 1 aliphatic heterocycles. The molecule has 142 valence electrons. The molecule has 8 nitrogen and oxygen atoms in total. The maximum absolute atomic E-state index is 6.26. The SMILES string of the molecule is COc1ccc(CON2c3ncnc4ncn(c34)CCC2(C)C)cc1OC. The number of hydrogen-bond acceptors (Lipinski definition) is 7. The van der Waals surface area contributed by atoms with Gasteiger partial charge in [-0.05, 0) is 38.0 Å². The molecule has 2 aromatic heterocycles. The van der Waals surface area contributed by atoms with Gasteiger partial charge in [0.05, 0.1) is 26.1 Å². The maximum atomic E-state index is 6.26. The van der Waals surface area contributed by atoms with Crippen molar-refractivity contribution in [2.75, 3.05) is 19.3 Å². The first kappa shape index (κ1) is 17.5. The Morgan fingerprint density at radius 3 is 2.67 bits per heavy atom. The second-order valence-corrected chi connectivity index (χ2v) is 7.13. The average Bonchev–Trinajstić information content (AvgIpc) is 3.05. The Hall–Kier alpha value is -2.87. The van der Waals surface area contributed by atoms with Crippen LogP contribution in [-0.2, 0) is 18.0 Å². The average molecular weight is 369 g/mol. The van der Waals surface area contributed by atoms with Crippen molar-refractivity contribution in [1.82, 2.24) is 19.5 Å². The number of nitrogens with zero attached hydrogens (tertiary/aromatic N) is 5. The van der Waals surface area contributed by atoms with Gasteiger partial charge in [0.25, 0.3) is 0 Å². The Kier molecular flexibility index (Phi) is 4.35. The van der Waals surface area contributed by atoms with Crippen molar-refractivity contribution in [3.05, 3.63) is 36.4 Å². The van der Waals surface area contributed by atoms with Gasteiger partial charge in [-0.1, -0.05) is 6.07 Å². The molecular weight excluding hydrogens is 346 g/mol. The molecule has 0 fully saturated rings. The third-order valence-electron chi connectivity index (χ3n) is 4.91. The normalized spacial score (nSPS) is 15.6. The minimum absolute atomic E-state index is 0.239. The standard InChI is InChI=1S/C19H23N5O3/c1-19(2)7-8-23-12-22-17-16(23)18(21-11-20-17)24(19)27-10-13-5-6-14(25-3)15(9-13)26-4/h5-6,9,11-12H,7-8,10H2,1-4H3. The first-order chi connectivity index (χ1) is 13.0. The summed E-state index contributed by atoms with van der Waals surface area (Å²) in [7, 11) is 3.25. The van der Waals surface area contributed by atoms with E-state index in [0.717, 1.165) is 29.9 Å². The lowest BCUT2D eigenvalue weighted by molar-refractivity contribution is 0.0448. The molecule has 3 heterocycles. The molecule has 0 bridgehead atoms. The minimum atomic E-state index is -0.239. The van der Waals surface area contributed by atoms with Gasteiger partial charge in [0, 0.05) is 6.54 Å². The Balaban J connectivity index is 1.66. The highest BCUT2D eigenvalue weighted by atomic mass is 16.7. The van der Waals surface area contributed by atoms with Crippen LogP contribution in [0.1, 0.15) is 25.8 Å². The summed E-state index contributed by atoms with van der Waals surface area (Å²) in [4.78, 5) is 19.4. The topological polar surface area (TPSA) is 74.5 Å². The predicted octanol–water partition coefficient (Wildman–Crippen LogP) is 2.96. The molecule has 0 aliphatic carbocycles. The van der Waals surface area contributed by atoms with Crippen LogP contribution in [0.5, 0.6) is 11.5 Å². The van der Waals surface area contributed by atoms with Gasteiger partial charge < -0.3 is 14.0 Å². The molecule has 0 saturated carbocycles. The molecule has 1 aromatic carbocycles. The summed E-state index contributed by atoms with van der Waals surface area (Å²) in [6, 6.07) is 5.76. The zero-order chi connectivity index (χ0) is 19.0. The fourth-order valence-corrected chi connectivity index (χ4v) is 3.34. The number of hydroxylamine groups is 1. The molecule has 8 heteroatoms. The summed E-state index contributed by atoms with van der Waals surface area (Å²) in [5.41, 5.74) is 2.32. The number of imidazole rings is 1. The second-order valence-electron chi connectivity index (χ2n) is 7.13. The van der Waals surface area contributed by atoms with Gasteiger partial charge in [0.1, 0.15) is 18.5 Å². The van der Waals surface area contributed by atoms with E-state index in [1.807, 2.05) is 29.6 Å². The lowest BCUT2D eigenvalue weighted by Gasteiger charge is -2.36. The van der Waals surface area contributed by atoms with Crippen molar-refractivity contribution in [2.45, 2.75) is 39.0 Å². The van der Waals surface area contributed by atoms with E-state index in [1.165, 1.54) is 6.33 Å². The van der Waals surface area contributed by atoms with Crippen LogP contribution in [-0.4, -0.2) is 39.3 Å². The van der Waals surface area contributed by atoms with Gasteiger partial charge in [-0.2, -0.15) is 0 Å². The highest BCUT2D eigenvalue weighted by Crippen LogP contribution is 2.35. The van der Waals surface area contributed by atoms with Crippen molar-refractivity contribution in [2.24, 2.45) is 0 Å². The summed E-state index contributed by atoms with van der Waals surface area (Å²) in [5, 5.41) is 1.89. The molecule has 0 unspecified atom stereocenters. The van der Waals surface area contributed by atoms with Crippen molar-refractivity contribution in [3.63, 3.8) is 0 Å². The zero-order valence-corrected chi connectivity index (χ0v) is 16.0. The van der Waals surface area contributed by atoms with E-state index in [9.17, 15) is 0 Å².